The van der Waals surface area contributed by atoms with Crippen LogP contribution in [0.1, 0.15) is 19.3 Å². The van der Waals surface area contributed by atoms with Gasteiger partial charge in [-0.25, -0.2) is 17.2 Å². The number of methoxy groups -OCH3 is 1. The first kappa shape index (κ1) is 15.8. The Balaban J connectivity index is 2.45. The zero-order valence-corrected chi connectivity index (χ0v) is 12.2. The van der Waals surface area contributed by atoms with Crippen molar-refractivity contribution < 1.29 is 26.7 Å². The predicted molar refractivity (Wildman–Crippen MR) is 69.9 cm³/mol. The molecule has 5 nitrogen and oxygen atoms in total. The molecule has 1 fully saturated rings. The van der Waals surface area contributed by atoms with Crippen molar-refractivity contribution in [1.82, 2.24) is 4.31 Å². The molecule has 2 rings (SSSR count). The van der Waals surface area contributed by atoms with E-state index in [2.05, 4.69) is 4.74 Å². The third kappa shape index (κ3) is 3.06. The fraction of sp³-hybridized carbons (Fsp3) is 0.462. The Morgan fingerprint density at radius 2 is 2.05 bits per heavy atom. The molecular formula is C13H15F2NO4S. The Kier molecular flexibility index (Phi) is 4.58. The van der Waals surface area contributed by atoms with Crippen LogP contribution in [0.2, 0.25) is 0 Å². The summed E-state index contributed by atoms with van der Waals surface area (Å²) in [5, 5.41) is 0. The van der Waals surface area contributed by atoms with Gasteiger partial charge in [-0.05, 0) is 37.5 Å². The van der Waals surface area contributed by atoms with Gasteiger partial charge in [0.15, 0.2) is 0 Å². The number of halogens is 2. The SMILES string of the molecule is COC(=O)C1CCCCN1S(=O)(=O)c1cc(F)ccc1F. The largest absolute Gasteiger partial charge is 0.468 e. The zero-order chi connectivity index (χ0) is 15.6. The van der Waals surface area contributed by atoms with E-state index in [0.29, 0.717) is 25.3 Å². The number of carbonyl (C=O) groups excluding carboxylic acids is 1. The summed E-state index contributed by atoms with van der Waals surface area (Å²) < 4.78 is 57.5. The van der Waals surface area contributed by atoms with Gasteiger partial charge in [0.1, 0.15) is 22.6 Å². The van der Waals surface area contributed by atoms with E-state index in [1.54, 1.807) is 0 Å². The van der Waals surface area contributed by atoms with Gasteiger partial charge < -0.3 is 4.74 Å². The minimum atomic E-state index is -4.30. The molecule has 1 atom stereocenters. The first-order chi connectivity index (χ1) is 9.87. The van der Waals surface area contributed by atoms with Crippen molar-refractivity contribution in [2.75, 3.05) is 13.7 Å². The average molecular weight is 319 g/mol. The molecule has 1 aromatic carbocycles. The molecule has 0 radical (unpaired) electrons. The fourth-order valence-corrected chi connectivity index (χ4v) is 4.09. The number of hydrogen-bond donors (Lipinski definition) is 0. The second-order valence-corrected chi connectivity index (χ2v) is 6.58. The Labute approximate surface area is 121 Å². The van der Waals surface area contributed by atoms with E-state index in [4.69, 9.17) is 0 Å². The summed E-state index contributed by atoms with van der Waals surface area (Å²) >= 11 is 0. The number of carbonyl (C=O) groups is 1. The second kappa shape index (κ2) is 6.07. The van der Waals surface area contributed by atoms with Crippen LogP contribution in [0.5, 0.6) is 0 Å². The highest BCUT2D eigenvalue weighted by Gasteiger charge is 2.39. The molecule has 1 aromatic rings. The number of nitrogens with zero attached hydrogens (tertiary/aromatic N) is 1. The lowest BCUT2D eigenvalue weighted by molar-refractivity contribution is -0.146. The van der Waals surface area contributed by atoms with Crippen molar-refractivity contribution >= 4 is 16.0 Å². The summed E-state index contributed by atoms with van der Waals surface area (Å²) in [6.45, 7) is 0.0675. The lowest BCUT2D eigenvalue weighted by atomic mass is 10.1. The molecule has 21 heavy (non-hydrogen) atoms. The summed E-state index contributed by atoms with van der Waals surface area (Å²) in [5.74, 6) is -2.61. The van der Waals surface area contributed by atoms with E-state index in [9.17, 15) is 22.0 Å². The van der Waals surface area contributed by atoms with Gasteiger partial charge in [-0.2, -0.15) is 4.31 Å². The van der Waals surface area contributed by atoms with E-state index in [1.165, 1.54) is 0 Å². The summed E-state index contributed by atoms with van der Waals surface area (Å²) in [6, 6.07) is 1.20. The van der Waals surface area contributed by atoms with Crippen LogP contribution in [0.4, 0.5) is 8.78 Å². The number of hydrogen-bond acceptors (Lipinski definition) is 4. The van der Waals surface area contributed by atoms with Gasteiger partial charge in [-0.15, -0.1) is 0 Å². The Hall–Kier alpha value is -1.54. The van der Waals surface area contributed by atoms with Crippen LogP contribution in [-0.2, 0) is 19.6 Å². The van der Waals surface area contributed by atoms with Gasteiger partial charge in [-0.1, -0.05) is 0 Å². The highest BCUT2D eigenvalue weighted by molar-refractivity contribution is 7.89. The van der Waals surface area contributed by atoms with Crippen LogP contribution in [0.25, 0.3) is 0 Å². The number of piperidine rings is 1. The number of ether oxygens (including phenoxy) is 1. The van der Waals surface area contributed by atoms with Gasteiger partial charge in [0.2, 0.25) is 10.0 Å². The first-order valence-corrected chi connectivity index (χ1v) is 7.86. The molecule has 0 aromatic heterocycles. The minimum Gasteiger partial charge on any atom is -0.468 e. The molecule has 0 bridgehead atoms. The average Bonchev–Trinajstić information content (AvgIpc) is 2.48. The summed E-state index contributed by atoms with van der Waals surface area (Å²) in [4.78, 5) is 10.9. The molecule has 0 aliphatic carbocycles. The molecule has 0 spiro atoms. The lowest BCUT2D eigenvalue weighted by Gasteiger charge is -2.32. The van der Waals surface area contributed by atoms with Crippen LogP contribution < -0.4 is 0 Å². The molecule has 1 aliphatic heterocycles. The monoisotopic (exact) mass is 319 g/mol. The molecule has 0 saturated carbocycles. The number of benzene rings is 1. The Morgan fingerprint density at radius 3 is 2.71 bits per heavy atom. The molecule has 1 aliphatic rings. The van der Waals surface area contributed by atoms with E-state index in [-0.39, 0.29) is 6.54 Å². The van der Waals surface area contributed by atoms with Gasteiger partial charge in [-0.3, -0.25) is 4.79 Å². The quantitative estimate of drug-likeness (QED) is 0.795. The number of sulfonamides is 1. The van der Waals surface area contributed by atoms with Crippen molar-refractivity contribution in [1.29, 1.82) is 0 Å². The Morgan fingerprint density at radius 1 is 1.33 bits per heavy atom. The van der Waals surface area contributed by atoms with Crippen LogP contribution in [-0.4, -0.2) is 38.4 Å². The molecule has 1 heterocycles. The fourth-order valence-electron chi connectivity index (χ4n) is 2.37. The normalized spacial score (nSPS) is 20.2. The molecule has 0 N–H and O–H groups in total. The maximum Gasteiger partial charge on any atom is 0.324 e. The van der Waals surface area contributed by atoms with Crippen LogP contribution in [0, 0.1) is 11.6 Å². The van der Waals surface area contributed by atoms with Crippen molar-refractivity contribution in [3.05, 3.63) is 29.8 Å². The minimum absolute atomic E-state index is 0.0675. The molecular weight excluding hydrogens is 304 g/mol. The smallest absolute Gasteiger partial charge is 0.324 e. The Bertz CT molecular complexity index is 648. The third-order valence-electron chi connectivity index (χ3n) is 3.41. The summed E-state index contributed by atoms with van der Waals surface area (Å²) in [5.41, 5.74) is 0. The number of rotatable bonds is 3. The maximum absolute atomic E-state index is 13.7. The van der Waals surface area contributed by atoms with Gasteiger partial charge in [0.05, 0.1) is 7.11 Å². The molecule has 1 unspecified atom stereocenters. The van der Waals surface area contributed by atoms with E-state index < -0.39 is 38.6 Å². The zero-order valence-electron chi connectivity index (χ0n) is 11.4. The van der Waals surface area contributed by atoms with Crippen LogP contribution in [0.15, 0.2) is 23.1 Å². The molecule has 8 heteroatoms. The third-order valence-corrected chi connectivity index (χ3v) is 5.33. The van der Waals surface area contributed by atoms with Gasteiger partial charge in [0, 0.05) is 6.54 Å². The second-order valence-electron chi connectivity index (χ2n) is 4.73. The van der Waals surface area contributed by atoms with E-state index >= 15 is 0 Å². The topological polar surface area (TPSA) is 63.7 Å². The van der Waals surface area contributed by atoms with E-state index in [0.717, 1.165) is 23.5 Å². The van der Waals surface area contributed by atoms with Gasteiger partial charge >= 0.3 is 5.97 Å². The highest BCUT2D eigenvalue weighted by Crippen LogP contribution is 2.27. The standard InChI is InChI=1S/C13H15F2NO4S/c1-20-13(17)11-4-2-3-7-16(11)21(18,19)12-8-9(14)5-6-10(12)15/h5-6,8,11H,2-4,7H2,1H3. The van der Waals surface area contributed by atoms with Crippen molar-refractivity contribution in [2.45, 2.75) is 30.2 Å². The highest BCUT2D eigenvalue weighted by atomic mass is 32.2. The molecule has 116 valence electrons. The lowest BCUT2D eigenvalue weighted by Crippen LogP contribution is -2.48. The van der Waals surface area contributed by atoms with Crippen molar-refractivity contribution in [2.24, 2.45) is 0 Å². The summed E-state index contributed by atoms with van der Waals surface area (Å²) in [6.07, 6.45) is 1.50. The summed E-state index contributed by atoms with van der Waals surface area (Å²) in [7, 11) is -3.14. The maximum atomic E-state index is 13.7. The van der Waals surface area contributed by atoms with Crippen molar-refractivity contribution in [3.63, 3.8) is 0 Å². The van der Waals surface area contributed by atoms with Crippen LogP contribution in [0.3, 0.4) is 0 Å². The molecule has 1 saturated heterocycles. The molecule has 0 amide bonds. The van der Waals surface area contributed by atoms with E-state index in [1.807, 2.05) is 0 Å². The number of esters is 1. The first-order valence-electron chi connectivity index (χ1n) is 6.42. The van der Waals surface area contributed by atoms with Gasteiger partial charge in [0.25, 0.3) is 0 Å². The van der Waals surface area contributed by atoms with Crippen LogP contribution >= 0.6 is 0 Å². The van der Waals surface area contributed by atoms with Crippen molar-refractivity contribution in [3.8, 4) is 0 Å². The predicted octanol–water partition coefficient (Wildman–Crippen LogP) is 1.68.